The van der Waals surface area contributed by atoms with Crippen molar-refractivity contribution < 1.29 is 14.3 Å². The molecule has 0 bridgehead atoms. The van der Waals surface area contributed by atoms with E-state index in [-0.39, 0.29) is 11.4 Å². The lowest BCUT2D eigenvalue weighted by molar-refractivity contribution is 0.0996. The van der Waals surface area contributed by atoms with Crippen molar-refractivity contribution in [2.75, 3.05) is 0 Å². The summed E-state index contributed by atoms with van der Waals surface area (Å²) in [7, 11) is 0. The number of phenolic OH excluding ortho intramolecular Hbond substituents is 1. The number of carbonyl (C=O) groups is 1. The maximum absolute atomic E-state index is 13.1. The van der Waals surface area contributed by atoms with Crippen molar-refractivity contribution in [3.05, 3.63) is 29.7 Å². The highest BCUT2D eigenvalue weighted by atomic mass is 19.1. The molecule has 0 saturated heterocycles. The Labute approximate surface area is 88.9 Å². The SMILES string of the molecule is NC(=O)c1n[nH]nc1-c1ccc(O)c(F)c1. The first kappa shape index (κ1) is 10.1. The lowest BCUT2D eigenvalue weighted by atomic mass is 10.1. The number of aromatic amines is 1. The van der Waals surface area contributed by atoms with Gasteiger partial charge in [0.25, 0.3) is 5.91 Å². The number of halogens is 1. The summed E-state index contributed by atoms with van der Waals surface area (Å²) in [5.74, 6) is -2.05. The lowest BCUT2D eigenvalue weighted by Gasteiger charge is -1.99. The van der Waals surface area contributed by atoms with Crippen molar-refractivity contribution in [2.24, 2.45) is 5.73 Å². The fourth-order valence-corrected chi connectivity index (χ4v) is 1.26. The normalized spacial score (nSPS) is 10.3. The second-order valence-electron chi connectivity index (χ2n) is 3.05. The number of amides is 1. The molecule has 0 radical (unpaired) electrons. The van der Waals surface area contributed by atoms with Gasteiger partial charge in [0, 0.05) is 5.56 Å². The highest BCUT2D eigenvalue weighted by Gasteiger charge is 2.16. The zero-order valence-electron chi connectivity index (χ0n) is 7.94. The summed E-state index contributed by atoms with van der Waals surface area (Å²) in [6, 6.07) is 3.60. The Balaban J connectivity index is 2.54. The number of aromatic nitrogens is 3. The number of benzene rings is 1. The first-order valence-electron chi connectivity index (χ1n) is 4.29. The van der Waals surface area contributed by atoms with Gasteiger partial charge in [-0.1, -0.05) is 0 Å². The van der Waals surface area contributed by atoms with Crippen LogP contribution in [0, 0.1) is 5.82 Å². The van der Waals surface area contributed by atoms with E-state index in [9.17, 15) is 9.18 Å². The van der Waals surface area contributed by atoms with Crippen LogP contribution in [0.1, 0.15) is 10.5 Å². The summed E-state index contributed by atoms with van der Waals surface area (Å²) < 4.78 is 13.1. The first-order valence-corrected chi connectivity index (χ1v) is 4.29. The number of phenols is 1. The third kappa shape index (κ3) is 1.58. The number of aromatic hydroxyl groups is 1. The largest absolute Gasteiger partial charge is 0.505 e. The Kier molecular flexibility index (Phi) is 2.28. The van der Waals surface area contributed by atoms with Gasteiger partial charge in [0.15, 0.2) is 17.3 Å². The molecule has 6 nitrogen and oxygen atoms in total. The number of nitrogens with one attached hydrogen (secondary N) is 1. The van der Waals surface area contributed by atoms with Crippen LogP contribution in [0.25, 0.3) is 11.3 Å². The predicted molar refractivity (Wildman–Crippen MR) is 52.0 cm³/mol. The van der Waals surface area contributed by atoms with E-state index in [0.717, 1.165) is 12.1 Å². The van der Waals surface area contributed by atoms with Gasteiger partial charge in [0.1, 0.15) is 5.69 Å². The number of nitrogens with two attached hydrogens (primary N) is 1. The Morgan fingerprint density at radius 2 is 2.19 bits per heavy atom. The van der Waals surface area contributed by atoms with Crippen LogP contribution in [-0.4, -0.2) is 26.4 Å². The molecule has 0 spiro atoms. The molecular weight excluding hydrogens is 215 g/mol. The zero-order valence-corrected chi connectivity index (χ0v) is 7.94. The second-order valence-corrected chi connectivity index (χ2v) is 3.05. The van der Waals surface area contributed by atoms with Crippen molar-refractivity contribution in [2.45, 2.75) is 0 Å². The third-order valence-corrected chi connectivity index (χ3v) is 2.00. The molecule has 0 saturated carbocycles. The zero-order chi connectivity index (χ0) is 11.7. The van der Waals surface area contributed by atoms with Crippen LogP contribution < -0.4 is 5.73 Å². The van der Waals surface area contributed by atoms with Gasteiger partial charge < -0.3 is 10.8 Å². The van der Waals surface area contributed by atoms with Crippen LogP contribution in [0.3, 0.4) is 0 Å². The molecule has 0 atom stereocenters. The monoisotopic (exact) mass is 222 g/mol. The van der Waals surface area contributed by atoms with E-state index >= 15 is 0 Å². The van der Waals surface area contributed by atoms with Crippen LogP contribution in [0.5, 0.6) is 5.75 Å². The van der Waals surface area contributed by atoms with E-state index in [1.54, 1.807) is 0 Å². The molecule has 0 aliphatic heterocycles. The van der Waals surface area contributed by atoms with Gasteiger partial charge in [-0.15, -0.1) is 0 Å². The van der Waals surface area contributed by atoms with Gasteiger partial charge >= 0.3 is 0 Å². The molecule has 1 heterocycles. The van der Waals surface area contributed by atoms with E-state index in [0.29, 0.717) is 5.56 Å². The average Bonchev–Trinajstić information content (AvgIpc) is 2.71. The molecule has 0 aliphatic carbocycles. The summed E-state index contributed by atoms with van der Waals surface area (Å²) in [6.45, 7) is 0. The van der Waals surface area contributed by atoms with Gasteiger partial charge in [-0.2, -0.15) is 15.4 Å². The maximum Gasteiger partial charge on any atom is 0.271 e. The van der Waals surface area contributed by atoms with E-state index in [4.69, 9.17) is 10.8 Å². The molecule has 1 aromatic carbocycles. The number of primary amides is 1. The smallest absolute Gasteiger partial charge is 0.271 e. The lowest BCUT2D eigenvalue weighted by Crippen LogP contribution is -2.12. The molecule has 4 N–H and O–H groups in total. The second kappa shape index (κ2) is 3.61. The highest BCUT2D eigenvalue weighted by molar-refractivity contribution is 5.96. The molecule has 0 aliphatic rings. The molecular formula is C9H7FN4O2. The summed E-state index contributed by atoms with van der Waals surface area (Å²) >= 11 is 0. The Morgan fingerprint density at radius 3 is 2.81 bits per heavy atom. The molecule has 1 aromatic heterocycles. The molecule has 1 amide bonds. The van der Waals surface area contributed by atoms with E-state index in [1.165, 1.54) is 6.07 Å². The van der Waals surface area contributed by atoms with E-state index in [2.05, 4.69) is 15.4 Å². The summed E-state index contributed by atoms with van der Waals surface area (Å²) in [5.41, 5.74) is 5.43. The highest BCUT2D eigenvalue weighted by Crippen LogP contribution is 2.24. The predicted octanol–water partition coefficient (Wildman–Crippen LogP) is 0.415. The van der Waals surface area contributed by atoms with Crippen LogP contribution in [0.4, 0.5) is 4.39 Å². The standard InChI is InChI=1S/C9H7FN4O2/c10-5-3-4(1-2-6(5)15)7-8(9(11)16)13-14-12-7/h1-3,15H,(H2,11,16)(H,12,13,14). The Morgan fingerprint density at radius 1 is 1.44 bits per heavy atom. The quantitative estimate of drug-likeness (QED) is 0.684. The van der Waals surface area contributed by atoms with Crippen LogP contribution in [-0.2, 0) is 0 Å². The topological polar surface area (TPSA) is 105 Å². The van der Waals surface area contributed by atoms with Crippen LogP contribution in [0.15, 0.2) is 18.2 Å². The number of nitrogens with zero attached hydrogens (tertiary/aromatic N) is 2. The molecule has 16 heavy (non-hydrogen) atoms. The van der Waals surface area contributed by atoms with Gasteiger partial charge in [0.05, 0.1) is 0 Å². The van der Waals surface area contributed by atoms with Gasteiger partial charge in [-0.25, -0.2) is 4.39 Å². The minimum absolute atomic E-state index is 0.0786. The molecule has 0 fully saturated rings. The fraction of sp³-hybridized carbons (Fsp3) is 0. The van der Waals surface area contributed by atoms with Crippen molar-refractivity contribution in [3.8, 4) is 17.0 Å². The first-order chi connectivity index (χ1) is 7.59. The number of hydrogen-bond acceptors (Lipinski definition) is 4. The Hall–Kier alpha value is -2.44. The van der Waals surface area contributed by atoms with Gasteiger partial charge in [0.2, 0.25) is 0 Å². The fourth-order valence-electron chi connectivity index (χ4n) is 1.26. The number of rotatable bonds is 2. The van der Waals surface area contributed by atoms with Crippen molar-refractivity contribution in [3.63, 3.8) is 0 Å². The van der Waals surface area contributed by atoms with Gasteiger partial charge in [-0.05, 0) is 18.2 Å². The minimum Gasteiger partial charge on any atom is -0.505 e. The van der Waals surface area contributed by atoms with Crippen LogP contribution in [0.2, 0.25) is 0 Å². The number of hydrogen-bond donors (Lipinski definition) is 3. The van der Waals surface area contributed by atoms with Gasteiger partial charge in [-0.3, -0.25) is 4.79 Å². The molecule has 2 aromatic rings. The van der Waals surface area contributed by atoms with E-state index < -0.39 is 17.5 Å². The van der Waals surface area contributed by atoms with Crippen molar-refractivity contribution >= 4 is 5.91 Å². The molecule has 7 heteroatoms. The number of H-pyrrole nitrogens is 1. The summed E-state index contributed by atoms with van der Waals surface area (Å²) in [5, 5.41) is 18.5. The van der Waals surface area contributed by atoms with Crippen molar-refractivity contribution in [1.29, 1.82) is 0 Å². The van der Waals surface area contributed by atoms with Crippen LogP contribution >= 0.6 is 0 Å². The molecule has 82 valence electrons. The summed E-state index contributed by atoms with van der Waals surface area (Å²) in [4.78, 5) is 11.0. The van der Waals surface area contributed by atoms with E-state index in [1.807, 2.05) is 0 Å². The Bertz CT molecular complexity index is 552. The molecule has 2 rings (SSSR count). The van der Waals surface area contributed by atoms with Crippen molar-refractivity contribution in [1.82, 2.24) is 15.4 Å². The average molecular weight is 222 g/mol. The third-order valence-electron chi connectivity index (χ3n) is 2.00. The summed E-state index contributed by atoms with van der Waals surface area (Å²) in [6.07, 6.45) is 0. The molecule has 0 unspecified atom stereocenters. The number of carbonyl (C=O) groups excluding carboxylic acids is 1. The maximum atomic E-state index is 13.1. The minimum atomic E-state index is -0.809.